The number of hydrogen-bond donors (Lipinski definition) is 1. The number of fused-ring (bicyclic) bond motifs is 1. The zero-order chi connectivity index (χ0) is 21.8. The van der Waals surface area contributed by atoms with Crippen molar-refractivity contribution < 1.29 is 14.3 Å². The lowest BCUT2D eigenvalue weighted by molar-refractivity contribution is -0.124. The molecule has 1 saturated heterocycles. The lowest BCUT2D eigenvalue weighted by atomic mass is 10.0. The van der Waals surface area contributed by atoms with Crippen molar-refractivity contribution in [3.8, 4) is 5.75 Å². The Hall–Kier alpha value is -2.83. The Kier molecular flexibility index (Phi) is 6.59. The highest BCUT2D eigenvalue weighted by atomic mass is 16.5. The number of piperidine rings is 1. The predicted molar refractivity (Wildman–Crippen MR) is 124 cm³/mol. The predicted octanol–water partition coefficient (Wildman–Crippen LogP) is 3.98. The van der Waals surface area contributed by atoms with Gasteiger partial charge in [0.1, 0.15) is 17.9 Å². The van der Waals surface area contributed by atoms with E-state index in [2.05, 4.69) is 39.9 Å². The first-order valence-corrected chi connectivity index (χ1v) is 10.9. The number of carbonyl (C=O) groups is 1. The number of nitrogens with zero attached hydrogens (tertiary/aromatic N) is 2. The summed E-state index contributed by atoms with van der Waals surface area (Å²) >= 11 is 0. The van der Waals surface area contributed by atoms with Crippen LogP contribution in [-0.4, -0.2) is 54.3 Å². The number of amides is 1. The average molecular weight is 422 g/mol. The van der Waals surface area contributed by atoms with Gasteiger partial charge in [0.2, 0.25) is 5.91 Å². The standard InChI is InChI=1S/C25H31N3O3/c1-18-4-7-21(8-5-18)31-22-11-14-28(15-12-22)24(17-30-3)25(29)26-20-6-9-23-19(16-20)10-13-27(23)2/h4-10,13,16,22,24H,11-12,14-15,17H2,1-3H3,(H,26,29). The van der Waals surface area contributed by atoms with Gasteiger partial charge in [-0.15, -0.1) is 0 Å². The monoisotopic (exact) mass is 421 g/mol. The van der Waals surface area contributed by atoms with Crippen LogP contribution in [0.1, 0.15) is 18.4 Å². The number of likely N-dealkylation sites (tertiary alicyclic amines) is 1. The first kappa shape index (κ1) is 21.4. The number of rotatable bonds is 7. The summed E-state index contributed by atoms with van der Waals surface area (Å²) in [4.78, 5) is 15.3. The Morgan fingerprint density at radius 3 is 2.58 bits per heavy atom. The zero-order valence-electron chi connectivity index (χ0n) is 18.5. The summed E-state index contributed by atoms with van der Waals surface area (Å²) in [6.45, 7) is 4.04. The van der Waals surface area contributed by atoms with E-state index in [4.69, 9.17) is 9.47 Å². The Morgan fingerprint density at radius 2 is 1.87 bits per heavy atom. The van der Waals surface area contributed by atoms with Crippen LogP contribution in [-0.2, 0) is 16.6 Å². The number of anilines is 1. The Labute approximate surface area is 183 Å². The molecule has 0 spiro atoms. The van der Waals surface area contributed by atoms with Crippen molar-refractivity contribution in [2.45, 2.75) is 31.9 Å². The second kappa shape index (κ2) is 9.54. The van der Waals surface area contributed by atoms with Crippen LogP contribution < -0.4 is 10.1 Å². The maximum atomic E-state index is 13.1. The van der Waals surface area contributed by atoms with Crippen molar-refractivity contribution in [1.82, 2.24) is 9.47 Å². The molecule has 1 amide bonds. The maximum absolute atomic E-state index is 13.1. The van der Waals surface area contributed by atoms with Crippen molar-refractivity contribution in [3.05, 3.63) is 60.3 Å². The van der Waals surface area contributed by atoms with Crippen LogP contribution in [0.4, 0.5) is 5.69 Å². The molecule has 0 aliphatic carbocycles. The van der Waals surface area contributed by atoms with E-state index in [1.807, 2.05) is 43.6 Å². The molecule has 0 bridgehead atoms. The second-order valence-corrected chi connectivity index (χ2v) is 8.33. The fraction of sp³-hybridized carbons (Fsp3) is 0.400. The molecule has 1 aromatic heterocycles. The summed E-state index contributed by atoms with van der Waals surface area (Å²) in [6.07, 6.45) is 3.97. The molecule has 1 fully saturated rings. The van der Waals surface area contributed by atoms with Crippen molar-refractivity contribution in [3.63, 3.8) is 0 Å². The van der Waals surface area contributed by atoms with Crippen LogP contribution in [0.25, 0.3) is 10.9 Å². The highest BCUT2D eigenvalue weighted by Crippen LogP contribution is 2.23. The van der Waals surface area contributed by atoms with Gasteiger partial charge in [0, 0.05) is 50.0 Å². The van der Waals surface area contributed by atoms with Gasteiger partial charge in [-0.05, 0) is 56.2 Å². The van der Waals surface area contributed by atoms with Crippen molar-refractivity contribution in [2.75, 3.05) is 32.1 Å². The summed E-state index contributed by atoms with van der Waals surface area (Å²) in [6, 6.07) is 15.9. The highest BCUT2D eigenvalue weighted by Gasteiger charge is 2.30. The largest absolute Gasteiger partial charge is 0.490 e. The molecule has 0 radical (unpaired) electrons. The van der Waals surface area contributed by atoms with Crippen molar-refractivity contribution in [2.24, 2.45) is 7.05 Å². The number of methoxy groups -OCH3 is 1. The van der Waals surface area contributed by atoms with Gasteiger partial charge in [0.25, 0.3) is 0 Å². The molecule has 164 valence electrons. The van der Waals surface area contributed by atoms with Gasteiger partial charge in [-0.3, -0.25) is 9.69 Å². The number of aryl methyl sites for hydroxylation is 2. The first-order chi connectivity index (χ1) is 15.0. The lowest BCUT2D eigenvalue weighted by Crippen LogP contribution is -2.51. The summed E-state index contributed by atoms with van der Waals surface area (Å²) in [5, 5.41) is 4.19. The number of nitrogens with one attached hydrogen (secondary N) is 1. The van der Waals surface area contributed by atoms with Crippen LogP contribution in [0.15, 0.2) is 54.7 Å². The normalized spacial score (nSPS) is 16.4. The molecular weight excluding hydrogens is 390 g/mol. The summed E-state index contributed by atoms with van der Waals surface area (Å²) < 4.78 is 13.6. The van der Waals surface area contributed by atoms with E-state index in [1.165, 1.54) is 5.56 Å². The molecule has 1 N–H and O–H groups in total. The molecule has 1 atom stereocenters. The highest BCUT2D eigenvalue weighted by molar-refractivity contribution is 5.97. The molecule has 2 heterocycles. The number of ether oxygens (including phenoxy) is 2. The van der Waals surface area contributed by atoms with Crippen LogP contribution in [0, 0.1) is 6.92 Å². The van der Waals surface area contributed by atoms with Gasteiger partial charge in [0.05, 0.1) is 6.61 Å². The summed E-state index contributed by atoms with van der Waals surface area (Å²) in [5.41, 5.74) is 3.17. The van der Waals surface area contributed by atoms with Crippen LogP contribution in [0.5, 0.6) is 5.75 Å². The fourth-order valence-corrected chi connectivity index (χ4v) is 4.20. The Balaban J connectivity index is 1.36. The molecule has 2 aromatic carbocycles. The van der Waals surface area contributed by atoms with Gasteiger partial charge in [-0.2, -0.15) is 0 Å². The number of aromatic nitrogens is 1. The second-order valence-electron chi connectivity index (χ2n) is 8.33. The SMILES string of the molecule is COCC(C(=O)Nc1ccc2c(ccn2C)c1)N1CCC(Oc2ccc(C)cc2)CC1. The van der Waals surface area contributed by atoms with E-state index in [0.717, 1.165) is 48.3 Å². The number of benzene rings is 2. The molecular formula is C25H31N3O3. The van der Waals surface area contributed by atoms with E-state index in [-0.39, 0.29) is 18.1 Å². The van der Waals surface area contributed by atoms with Gasteiger partial charge < -0.3 is 19.4 Å². The fourth-order valence-electron chi connectivity index (χ4n) is 4.20. The zero-order valence-corrected chi connectivity index (χ0v) is 18.5. The van der Waals surface area contributed by atoms with E-state index < -0.39 is 0 Å². The molecule has 6 heteroatoms. The molecule has 3 aromatic rings. The Morgan fingerprint density at radius 1 is 1.13 bits per heavy atom. The first-order valence-electron chi connectivity index (χ1n) is 10.9. The van der Waals surface area contributed by atoms with E-state index in [1.54, 1.807) is 7.11 Å². The molecule has 31 heavy (non-hydrogen) atoms. The average Bonchev–Trinajstić information content (AvgIpc) is 3.14. The summed E-state index contributed by atoms with van der Waals surface area (Å²) in [7, 11) is 3.66. The third kappa shape index (κ3) is 5.09. The van der Waals surface area contributed by atoms with Gasteiger partial charge in [0.15, 0.2) is 0 Å². The van der Waals surface area contributed by atoms with Gasteiger partial charge in [-0.25, -0.2) is 0 Å². The van der Waals surface area contributed by atoms with Crippen LogP contribution >= 0.6 is 0 Å². The molecule has 1 aliphatic heterocycles. The van der Waals surface area contributed by atoms with Gasteiger partial charge in [-0.1, -0.05) is 17.7 Å². The molecule has 6 nitrogen and oxygen atoms in total. The number of hydrogen-bond acceptors (Lipinski definition) is 4. The minimum Gasteiger partial charge on any atom is -0.490 e. The van der Waals surface area contributed by atoms with Crippen molar-refractivity contribution >= 4 is 22.5 Å². The molecule has 1 aliphatic rings. The molecule has 1 unspecified atom stereocenters. The minimum atomic E-state index is -0.322. The van der Waals surface area contributed by atoms with Crippen molar-refractivity contribution in [1.29, 1.82) is 0 Å². The topological polar surface area (TPSA) is 55.7 Å². The quantitative estimate of drug-likeness (QED) is 0.627. The lowest BCUT2D eigenvalue weighted by Gasteiger charge is -2.36. The number of carbonyl (C=O) groups excluding carboxylic acids is 1. The van der Waals surface area contributed by atoms with Crippen LogP contribution in [0.2, 0.25) is 0 Å². The van der Waals surface area contributed by atoms with Gasteiger partial charge >= 0.3 is 0 Å². The minimum absolute atomic E-state index is 0.0324. The van der Waals surface area contributed by atoms with E-state index >= 15 is 0 Å². The maximum Gasteiger partial charge on any atom is 0.244 e. The summed E-state index contributed by atoms with van der Waals surface area (Å²) in [5.74, 6) is 0.876. The Bertz CT molecular complexity index is 1020. The van der Waals surface area contributed by atoms with E-state index in [9.17, 15) is 4.79 Å². The molecule has 4 rings (SSSR count). The third-order valence-electron chi connectivity index (χ3n) is 6.02. The van der Waals surface area contributed by atoms with Crippen LogP contribution in [0.3, 0.4) is 0 Å². The third-order valence-corrected chi connectivity index (χ3v) is 6.02. The van der Waals surface area contributed by atoms with E-state index in [0.29, 0.717) is 6.61 Å². The molecule has 0 saturated carbocycles. The smallest absolute Gasteiger partial charge is 0.244 e.